The first-order valence-corrected chi connectivity index (χ1v) is 11.4. The summed E-state index contributed by atoms with van der Waals surface area (Å²) in [5.74, 6) is 0.410. The van der Waals surface area contributed by atoms with Crippen LogP contribution in [0.1, 0.15) is 32.8 Å². The Morgan fingerprint density at radius 3 is 2.65 bits per heavy atom. The number of halogens is 1. The summed E-state index contributed by atoms with van der Waals surface area (Å²) < 4.78 is 10.9. The van der Waals surface area contributed by atoms with Crippen molar-refractivity contribution >= 4 is 17.5 Å². The largest absolute Gasteiger partial charge is 0.478 e. The maximum atomic E-state index is 12.4. The maximum absolute atomic E-state index is 12.4. The van der Waals surface area contributed by atoms with Crippen molar-refractivity contribution < 1.29 is 14.3 Å². The number of pyridine rings is 1. The SMILES string of the molecule is CCOCCCOc1ccc(-c2cc(=O)[nH]c(-c3cc(CC(C)(C)C(N)=O)ccc3Cl)n2)cn1. The third-order valence-corrected chi connectivity index (χ3v) is 5.59. The number of amides is 1. The van der Waals surface area contributed by atoms with Crippen molar-refractivity contribution in [3.05, 3.63) is 63.5 Å². The fourth-order valence-corrected chi connectivity index (χ4v) is 3.50. The lowest BCUT2D eigenvalue weighted by Gasteiger charge is -2.20. The predicted molar refractivity (Wildman–Crippen MR) is 132 cm³/mol. The van der Waals surface area contributed by atoms with E-state index in [0.29, 0.717) is 59.8 Å². The van der Waals surface area contributed by atoms with E-state index in [4.69, 9.17) is 26.8 Å². The van der Waals surface area contributed by atoms with Crippen molar-refractivity contribution in [1.29, 1.82) is 0 Å². The second-order valence-corrected chi connectivity index (χ2v) is 8.91. The zero-order chi connectivity index (χ0) is 24.7. The van der Waals surface area contributed by atoms with Crippen molar-refractivity contribution in [2.45, 2.75) is 33.6 Å². The number of nitrogens with zero attached hydrogens (tertiary/aromatic N) is 2. The van der Waals surface area contributed by atoms with Crippen LogP contribution < -0.4 is 16.0 Å². The standard InChI is InChI=1S/C25H29ClN4O4/c1-4-33-10-5-11-34-22-9-7-17(15-28-22)20-13-21(31)30-23(29-20)18-12-16(6-8-19(18)26)14-25(2,3)24(27)32/h6-9,12-13,15H,4-5,10-11,14H2,1-3H3,(H2,27,32)(H,29,30,31). The molecule has 2 heterocycles. The zero-order valence-electron chi connectivity index (χ0n) is 19.6. The van der Waals surface area contributed by atoms with Gasteiger partial charge in [0, 0.05) is 54.5 Å². The molecule has 3 aromatic rings. The second-order valence-electron chi connectivity index (χ2n) is 8.50. The molecule has 9 heteroatoms. The molecule has 0 unspecified atom stereocenters. The van der Waals surface area contributed by atoms with Gasteiger partial charge in [0.1, 0.15) is 5.82 Å². The van der Waals surface area contributed by atoms with E-state index >= 15 is 0 Å². The number of carbonyl (C=O) groups is 1. The minimum absolute atomic E-state index is 0.322. The molecule has 0 radical (unpaired) electrons. The van der Waals surface area contributed by atoms with Gasteiger partial charge in [-0.05, 0) is 37.1 Å². The molecule has 0 atom stereocenters. The number of nitrogens with two attached hydrogens (primary N) is 1. The van der Waals surface area contributed by atoms with Crippen LogP contribution in [-0.4, -0.2) is 40.7 Å². The maximum Gasteiger partial charge on any atom is 0.251 e. The Labute approximate surface area is 203 Å². The average Bonchev–Trinajstić information content (AvgIpc) is 2.80. The summed E-state index contributed by atoms with van der Waals surface area (Å²) in [7, 11) is 0. The number of rotatable bonds is 11. The van der Waals surface area contributed by atoms with Crippen molar-refractivity contribution in [3.8, 4) is 28.5 Å². The molecular formula is C25H29ClN4O4. The van der Waals surface area contributed by atoms with Crippen molar-refractivity contribution in [3.63, 3.8) is 0 Å². The summed E-state index contributed by atoms with van der Waals surface area (Å²) >= 11 is 6.42. The Balaban J connectivity index is 1.84. The summed E-state index contributed by atoms with van der Waals surface area (Å²) in [4.78, 5) is 35.8. The Bertz CT molecular complexity index is 1190. The van der Waals surface area contributed by atoms with Gasteiger partial charge in [-0.15, -0.1) is 0 Å². The van der Waals surface area contributed by atoms with Crippen LogP contribution in [0.5, 0.6) is 5.88 Å². The Morgan fingerprint density at radius 1 is 1.18 bits per heavy atom. The Hall–Kier alpha value is -3.23. The number of aromatic nitrogens is 3. The topological polar surface area (TPSA) is 120 Å². The Morgan fingerprint density at radius 2 is 1.97 bits per heavy atom. The van der Waals surface area contributed by atoms with Crippen LogP contribution in [0.4, 0.5) is 0 Å². The highest BCUT2D eigenvalue weighted by Crippen LogP contribution is 2.30. The number of hydrogen-bond donors (Lipinski definition) is 2. The molecule has 1 amide bonds. The molecule has 0 spiro atoms. The molecule has 0 fully saturated rings. The van der Waals surface area contributed by atoms with Gasteiger partial charge < -0.3 is 20.2 Å². The molecule has 2 aromatic heterocycles. The molecule has 0 aliphatic heterocycles. The summed E-state index contributed by atoms with van der Waals surface area (Å²) in [6.45, 7) is 7.33. The molecule has 0 bridgehead atoms. The van der Waals surface area contributed by atoms with E-state index in [1.54, 1.807) is 38.2 Å². The zero-order valence-corrected chi connectivity index (χ0v) is 20.3. The molecule has 0 saturated carbocycles. The van der Waals surface area contributed by atoms with Crippen molar-refractivity contribution in [2.75, 3.05) is 19.8 Å². The van der Waals surface area contributed by atoms with Gasteiger partial charge in [-0.3, -0.25) is 9.59 Å². The van der Waals surface area contributed by atoms with Gasteiger partial charge in [-0.2, -0.15) is 0 Å². The van der Waals surface area contributed by atoms with Crippen molar-refractivity contribution in [2.24, 2.45) is 11.1 Å². The van der Waals surface area contributed by atoms with E-state index in [1.165, 1.54) is 6.07 Å². The first-order valence-electron chi connectivity index (χ1n) is 11.1. The third-order valence-electron chi connectivity index (χ3n) is 5.26. The van der Waals surface area contributed by atoms with E-state index < -0.39 is 11.3 Å². The predicted octanol–water partition coefficient (Wildman–Crippen LogP) is 4.01. The van der Waals surface area contributed by atoms with Crippen molar-refractivity contribution in [1.82, 2.24) is 15.0 Å². The van der Waals surface area contributed by atoms with Crippen LogP contribution >= 0.6 is 11.6 Å². The minimum atomic E-state index is -0.730. The van der Waals surface area contributed by atoms with Gasteiger partial charge in [0.25, 0.3) is 5.56 Å². The molecule has 0 saturated heterocycles. The van der Waals surface area contributed by atoms with Crippen LogP contribution in [0.25, 0.3) is 22.6 Å². The second kappa shape index (κ2) is 11.3. The molecule has 8 nitrogen and oxygen atoms in total. The first kappa shape index (κ1) is 25.4. The molecule has 180 valence electrons. The number of carbonyl (C=O) groups excluding carboxylic acids is 1. The molecular weight excluding hydrogens is 456 g/mol. The molecule has 3 N–H and O–H groups in total. The molecule has 34 heavy (non-hydrogen) atoms. The lowest BCUT2D eigenvalue weighted by Crippen LogP contribution is -2.33. The van der Waals surface area contributed by atoms with E-state index in [-0.39, 0.29) is 5.56 Å². The van der Waals surface area contributed by atoms with E-state index in [9.17, 15) is 9.59 Å². The number of nitrogens with one attached hydrogen (secondary N) is 1. The van der Waals surface area contributed by atoms with E-state index in [2.05, 4.69) is 15.0 Å². The van der Waals surface area contributed by atoms with Gasteiger partial charge in [0.2, 0.25) is 11.8 Å². The summed E-state index contributed by atoms with van der Waals surface area (Å²) in [5, 5.41) is 0.426. The summed E-state index contributed by atoms with van der Waals surface area (Å²) in [5.41, 5.74) is 6.98. The fraction of sp³-hybridized carbons (Fsp3) is 0.360. The number of hydrogen-bond acceptors (Lipinski definition) is 6. The molecule has 0 aliphatic carbocycles. The van der Waals surface area contributed by atoms with E-state index in [0.717, 1.165) is 12.0 Å². The number of benzene rings is 1. The highest BCUT2D eigenvalue weighted by atomic mass is 35.5. The van der Waals surface area contributed by atoms with E-state index in [1.807, 2.05) is 19.1 Å². The first-order chi connectivity index (χ1) is 16.2. The van der Waals surface area contributed by atoms with Gasteiger partial charge in [-0.1, -0.05) is 31.5 Å². The summed E-state index contributed by atoms with van der Waals surface area (Å²) in [6, 6.07) is 10.3. The van der Waals surface area contributed by atoms with Crippen LogP contribution in [0.2, 0.25) is 5.02 Å². The van der Waals surface area contributed by atoms with Crippen LogP contribution in [0.15, 0.2) is 47.4 Å². The monoisotopic (exact) mass is 484 g/mol. The average molecular weight is 485 g/mol. The smallest absolute Gasteiger partial charge is 0.251 e. The molecule has 0 aliphatic rings. The Kier molecular flexibility index (Phi) is 8.41. The normalized spacial score (nSPS) is 11.4. The number of aromatic amines is 1. The van der Waals surface area contributed by atoms with Crippen LogP contribution in [0, 0.1) is 5.41 Å². The van der Waals surface area contributed by atoms with Gasteiger partial charge >= 0.3 is 0 Å². The number of H-pyrrole nitrogens is 1. The van der Waals surface area contributed by atoms with Gasteiger partial charge in [0.15, 0.2) is 0 Å². The highest BCUT2D eigenvalue weighted by Gasteiger charge is 2.25. The minimum Gasteiger partial charge on any atom is -0.478 e. The molecule has 1 aromatic carbocycles. The lowest BCUT2D eigenvalue weighted by atomic mass is 9.85. The van der Waals surface area contributed by atoms with Gasteiger partial charge in [0.05, 0.1) is 17.3 Å². The van der Waals surface area contributed by atoms with Gasteiger partial charge in [-0.25, -0.2) is 9.97 Å². The lowest BCUT2D eigenvalue weighted by molar-refractivity contribution is -0.125. The highest BCUT2D eigenvalue weighted by molar-refractivity contribution is 6.33. The number of ether oxygens (including phenoxy) is 2. The third kappa shape index (κ3) is 6.65. The summed E-state index contributed by atoms with van der Waals surface area (Å²) in [6.07, 6.45) is 2.80. The number of primary amides is 1. The fourth-order valence-electron chi connectivity index (χ4n) is 3.29. The van der Waals surface area contributed by atoms with Crippen LogP contribution in [-0.2, 0) is 16.0 Å². The quantitative estimate of drug-likeness (QED) is 0.397. The van der Waals surface area contributed by atoms with Crippen LogP contribution in [0.3, 0.4) is 0 Å². The molecule has 3 rings (SSSR count).